The Bertz CT molecular complexity index is 803. The first kappa shape index (κ1) is 17.6. The lowest BCUT2D eigenvalue weighted by molar-refractivity contribution is 0.0520. The molecule has 0 saturated carbocycles. The molecule has 0 radical (unpaired) electrons. The number of hydrogen-bond donors (Lipinski definition) is 2. The molecule has 1 heterocycles. The Morgan fingerprint density at radius 1 is 1.39 bits per heavy atom. The molecule has 9 heteroatoms. The molecule has 0 aliphatic carbocycles. The van der Waals surface area contributed by atoms with Crippen molar-refractivity contribution in [2.75, 3.05) is 22.7 Å². The molecular weight excluding hydrogens is 344 g/mol. The van der Waals surface area contributed by atoms with Gasteiger partial charge in [-0.2, -0.15) is 0 Å². The summed E-state index contributed by atoms with van der Waals surface area (Å²) < 4.78 is 29.0. The number of benzene rings is 1. The quantitative estimate of drug-likeness (QED) is 0.449. The molecule has 23 heavy (non-hydrogen) atoms. The summed E-state index contributed by atoms with van der Waals surface area (Å²) in [4.78, 5) is 14.6. The second-order valence-electron chi connectivity index (χ2n) is 4.78. The zero-order chi connectivity index (χ0) is 17.0. The predicted octanol–water partition coefficient (Wildman–Crippen LogP) is 2.50. The Morgan fingerprint density at radius 3 is 2.78 bits per heavy atom. The fraction of sp³-hybridized carbons (Fsp3) is 0.357. The molecule has 1 aromatic heterocycles. The van der Waals surface area contributed by atoms with Crippen LogP contribution in [0.4, 0.5) is 5.69 Å². The average Bonchev–Trinajstić information content (AvgIpc) is 2.95. The third-order valence-electron chi connectivity index (χ3n) is 3.12. The standard InChI is InChI=1S/C14H17ClN2O5S/c1-2-22-14(18)13-9-10-8-11(4-5-12(10)16-13)17(19)23(20,21)7-3-6-15/h4-5,8-9,16,19H,2-3,6-7H2,1H3. The van der Waals surface area contributed by atoms with Crippen LogP contribution in [-0.4, -0.2) is 42.8 Å². The summed E-state index contributed by atoms with van der Waals surface area (Å²) in [5.41, 5.74) is 0.971. The van der Waals surface area contributed by atoms with Crippen LogP contribution in [-0.2, 0) is 14.8 Å². The Hall–Kier alpha value is -1.77. The first-order valence-electron chi connectivity index (χ1n) is 6.96. The Morgan fingerprint density at radius 2 is 2.13 bits per heavy atom. The molecule has 126 valence electrons. The van der Waals surface area contributed by atoms with Crippen molar-refractivity contribution in [1.29, 1.82) is 0 Å². The van der Waals surface area contributed by atoms with Gasteiger partial charge >= 0.3 is 5.97 Å². The summed E-state index contributed by atoms with van der Waals surface area (Å²) in [5.74, 6) is -0.570. The molecule has 0 aliphatic heterocycles. The van der Waals surface area contributed by atoms with E-state index in [4.69, 9.17) is 16.3 Å². The molecule has 0 unspecified atom stereocenters. The Kier molecular flexibility index (Phi) is 5.51. The minimum atomic E-state index is -3.86. The molecule has 7 nitrogen and oxygen atoms in total. The zero-order valence-electron chi connectivity index (χ0n) is 12.5. The van der Waals surface area contributed by atoms with Crippen molar-refractivity contribution in [2.24, 2.45) is 0 Å². The summed E-state index contributed by atoms with van der Waals surface area (Å²) in [6.07, 6.45) is 0.236. The van der Waals surface area contributed by atoms with Gasteiger partial charge in [-0.05, 0) is 37.6 Å². The first-order valence-corrected chi connectivity index (χ1v) is 9.11. The number of halogens is 1. The minimum absolute atomic E-state index is 0.0847. The number of ether oxygens (including phenoxy) is 1. The largest absolute Gasteiger partial charge is 0.461 e. The lowest BCUT2D eigenvalue weighted by Gasteiger charge is -2.16. The Labute approximate surface area is 138 Å². The van der Waals surface area contributed by atoms with Crippen molar-refractivity contribution in [3.8, 4) is 0 Å². The van der Waals surface area contributed by atoms with E-state index in [-0.39, 0.29) is 40.5 Å². The maximum atomic E-state index is 12.0. The summed E-state index contributed by atoms with van der Waals surface area (Å²) in [5, 5.41) is 10.5. The van der Waals surface area contributed by atoms with Crippen LogP contribution >= 0.6 is 11.6 Å². The number of nitrogens with zero attached hydrogens (tertiary/aromatic N) is 1. The third kappa shape index (κ3) is 3.95. The highest BCUT2D eigenvalue weighted by Crippen LogP contribution is 2.24. The molecular formula is C14H17ClN2O5S. The molecule has 2 aromatic rings. The number of alkyl halides is 1. The molecule has 0 fully saturated rings. The summed E-state index contributed by atoms with van der Waals surface area (Å²) in [6, 6.07) is 6.02. The van der Waals surface area contributed by atoms with Crippen molar-refractivity contribution < 1.29 is 23.2 Å². The molecule has 2 rings (SSSR count). The highest BCUT2D eigenvalue weighted by Gasteiger charge is 2.21. The van der Waals surface area contributed by atoms with E-state index < -0.39 is 16.0 Å². The number of nitrogens with one attached hydrogen (secondary N) is 1. The van der Waals surface area contributed by atoms with Gasteiger partial charge in [0.25, 0.3) is 10.0 Å². The lowest BCUT2D eigenvalue weighted by atomic mass is 10.2. The monoisotopic (exact) mass is 360 g/mol. The van der Waals surface area contributed by atoms with Crippen LogP contribution in [0, 0.1) is 0 Å². The third-order valence-corrected chi connectivity index (χ3v) is 4.93. The van der Waals surface area contributed by atoms with Gasteiger partial charge in [0, 0.05) is 16.8 Å². The second-order valence-corrected chi connectivity index (χ2v) is 7.07. The molecule has 0 amide bonds. The van der Waals surface area contributed by atoms with E-state index in [1.54, 1.807) is 13.0 Å². The number of fused-ring (bicyclic) bond motifs is 1. The number of anilines is 1. The highest BCUT2D eigenvalue weighted by atomic mass is 35.5. The smallest absolute Gasteiger partial charge is 0.354 e. The number of esters is 1. The van der Waals surface area contributed by atoms with Crippen LogP contribution in [0.1, 0.15) is 23.8 Å². The van der Waals surface area contributed by atoms with Crippen molar-refractivity contribution in [2.45, 2.75) is 13.3 Å². The van der Waals surface area contributed by atoms with Gasteiger partial charge in [-0.3, -0.25) is 5.21 Å². The van der Waals surface area contributed by atoms with Gasteiger partial charge in [0.05, 0.1) is 18.0 Å². The predicted molar refractivity (Wildman–Crippen MR) is 87.6 cm³/mol. The van der Waals surface area contributed by atoms with Crippen molar-refractivity contribution >= 4 is 44.2 Å². The van der Waals surface area contributed by atoms with Gasteiger partial charge in [0.15, 0.2) is 0 Å². The van der Waals surface area contributed by atoms with Gasteiger partial charge in [0.2, 0.25) is 0 Å². The number of rotatable bonds is 7. The topological polar surface area (TPSA) is 99.7 Å². The zero-order valence-corrected chi connectivity index (χ0v) is 14.0. The molecule has 0 atom stereocenters. The summed E-state index contributed by atoms with van der Waals surface area (Å²) in [6.45, 7) is 1.96. The van der Waals surface area contributed by atoms with Crippen LogP contribution in [0.25, 0.3) is 10.9 Å². The number of carbonyl (C=O) groups is 1. The molecule has 1 aromatic carbocycles. The lowest BCUT2D eigenvalue weighted by Crippen LogP contribution is -2.29. The van der Waals surface area contributed by atoms with Gasteiger partial charge < -0.3 is 9.72 Å². The number of hydrogen-bond acceptors (Lipinski definition) is 5. The van der Waals surface area contributed by atoms with E-state index in [0.29, 0.717) is 10.9 Å². The van der Waals surface area contributed by atoms with Gasteiger partial charge in [-0.25, -0.2) is 13.2 Å². The van der Waals surface area contributed by atoms with E-state index >= 15 is 0 Å². The first-order chi connectivity index (χ1) is 10.9. The SMILES string of the molecule is CCOC(=O)c1cc2cc(N(O)S(=O)(=O)CCCCl)ccc2[nH]1. The van der Waals surface area contributed by atoms with Crippen molar-refractivity contribution in [1.82, 2.24) is 4.98 Å². The minimum Gasteiger partial charge on any atom is -0.461 e. The number of aromatic nitrogens is 1. The van der Waals surface area contributed by atoms with Crippen LogP contribution in [0.15, 0.2) is 24.3 Å². The number of carbonyl (C=O) groups excluding carboxylic acids is 1. The van der Waals surface area contributed by atoms with E-state index in [9.17, 15) is 18.4 Å². The number of H-pyrrole nitrogens is 1. The van der Waals surface area contributed by atoms with Crippen LogP contribution in [0.5, 0.6) is 0 Å². The molecule has 2 N–H and O–H groups in total. The maximum Gasteiger partial charge on any atom is 0.354 e. The summed E-state index contributed by atoms with van der Waals surface area (Å²) in [7, 11) is -3.86. The molecule has 0 aliphatic rings. The molecule has 0 bridgehead atoms. The maximum absolute atomic E-state index is 12.0. The van der Waals surface area contributed by atoms with Crippen LogP contribution in [0.2, 0.25) is 0 Å². The van der Waals surface area contributed by atoms with Crippen LogP contribution in [0.3, 0.4) is 0 Å². The number of aromatic amines is 1. The molecule has 0 spiro atoms. The van der Waals surface area contributed by atoms with Crippen LogP contribution < -0.4 is 4.47 Å². The van der Waals surface area contributed by atoms with Crippen molar-refractivity contribution in [3.05, 3.63) is 30.0 Å². The molecule has 0 saturated heterocycles. The van der Waals surface area contributed by atoms with E-state index in [1.165, 1.54) is 18.2 Å². The summed E-state index contributed by atoms with van der Waals surface area (Å²) >= 11 is 5.48. The highest BCUT2D eigenvalue weighted by molar-refractivity contribution is 7.92. The second kappa shape index (κ2) is 7.20. The van der Waals surface area contributed by atoms with Gasteiger partial charge in [-0.1, -0.05) is 0 Å². The Balaban J connectivity index is 2.31. The van der Waals surface area contributed by atoms with Gasteiger partial charge in [-0.15, -0.1) is 16.1 Å². The van der Waals surface area contributed by atoms with Crippen molar-refractivity contribution in [3.63, 3.8) is 0 Å². The fourth-order valence-corrected chi connectivity index (χ4v) is 3.45. The van der Waals surface area contributed by atoms with E-state index in [1.807, 2.05) is 0 Å². The van der Waals surface area contributed by atoms with Gasteiger partial charge in [0.1, 0.15) is 5.69 Å². The average molecular weight is 361 g/mol. The normalized spacial score (nSPS) is 11.6. The van der Waals surface area contributed by atoms with E-state index in [2.05, 4.69) is 4.98 Å². The number of sulfonamides is 1. The van der Waals surface area contributed by atoms with E-state index in [0.717, 1.165) is 0 Å². The fourth-order valence-electron chi connectivity index (χ4n) is 2.04.